The molecule has 0 aliphatic rings. The van der Waals surface area contributed by atoms with Crippen LogP contribution in [0.15, 0.2) is 47.6 Å². The van der Waals surface area contributed by atoms with E-state index in [0.29, 0.717) is 27.6 Å². The fourth-order valence-corrected chi connectivity index (χ4v) is 3.83. The molecule has 34 heavy (non-hydrogen) atoms. The molecule has 0 aliphatic carbocycles. The van der Waals surface area contributed by atoms with E-state index >= 15 is 0 Å². The van der Waals surface area contributed by atoms with Gasteiger partial charge in [-0.05, 0) is 75.2 Å². The molecule has 0 fully saturated rings. The summed E-state index contributed by atoms with van der Waals surface area (Å²) in [5, 5.41) is 4.26. The maximum atomic E-state index is 12.3. The van der Waals surface area contributed by atoms with Crippen molar-refractivity contribution in [3.63, 3.8) is 0 Å². The minimum absolute atomic E-state index is 0.219. The number of hydrogen-bond donors (Lipinski definition) is 1. The molecule has 2 aromatic rings. The van der Waals surface area contributed by atoms with E-state index in [1.165, 1.54) is 6.21 Å². The summed E-state index contributed by atoms with van der Waals surface area (Å²) >= 11 is 6.09. The topological polar surface area (TPSA) is 114 Å². The van der Waals surface area contributed by atoms with Crippen LogP contribution in [0.1, 0.15) is 31.9 Å². The Labute approximate surface area is 204 Å². The van der Waals surface area contributed by atoms with E-state index in [1.807, 2.05) is 0 Å². The summed E-state index contributed by atoms with van der Waals surface area (Å²) in [6.07, 6.45) is 2.40. The van der Waals surface area contributed by atoms with Crippen LogP contribution in [-0.2, 0) is 24.3 Å². The number of carbonyl (C=O) groups excluding carboxylic acids is 2. The predicted octanol–water partition coefficient (Wildman–Crippen LogP) is 3.29. The van der Waals surface area contributed by atoms with Crippen molar-refractivity contribution in [1.29, 1.82) is 0 Å². The zero-order valence-corrected chi connectivity index (χ0v) is 21.2. The summed E-state index contributed by atoms with van der Waals surface area (Å²) in [5.74, 6) is -0.636. The second-order valence-corrected chi connectivity index (χ2v) is 10.7. The van der Waals surface area contributed by atoms with Gasteiger partial charge in [0.15, 0.2) is 6.61 Å². The van der Waals surface area contributed by atoms with Crippen molar-refractivity contribution in [2.24, 2.45) is 5.10 Å². The lowest BCUT2D eigenvalue weighted by atomic mass is 10.2. The van der Waals surface area contributed by atoms with E-state index in [1.54, 1.807) is 70.2 Å². The molecule has 0 atom stereocenters. The third-order valence-corrected chi connectivity index (χ3v) is 5.79. The van der Waals surface area contributed by atoms with E-state index in [2.05, 4.69) is 10.5 Å². The number of esters is 1. The molecule has 0 radical (unpaired) electrons. The molecule has 0 spiro atoms. The largest absolute Gasteiger partial charge is 0.482 e. The Balaban J connectivity index is 1.95. The van der Waals surface area contributed by atoms with Gasteiger partial charge in [-0.3, -0.25) is 9.10 Å². The Morgan fingerprint density at radius 2 is 1.79 bits per heavy atom. The number of nitrogens with one attached hydrogen (secondary N) is 1. The molecule has 0 saturated carbocycles. The smallest absolute Gasteiger partial charge is 0.344 e. The normalized spacial score (nSPS) is 11.8. The lowest BCUT2D eigenvalue weighted by molar-refractivity contribution is -0.157. The highest BCUT2D eigenvalue weighted by molar-refractivity contribution is 7.92. The monoisotopic (exact) mass is 509 g/mol. The van der Waals surface area contributed by atoms with Crippen LogP contribution in [0, 0.1) is 6.92 Å². The fourth-order valence-electron chi connectivity index (χ4n) is 2.76. The number of hydrogen-bond acceptors (Lipinski definition) is 7. The molecule has 11 heteroatoms. The van der Waals surface area contributed by atoms with E-state index in [9.17, 15) is 18.0 Å². The fraction of sp³-hybridized carbons (Fsp3) is 0.348. The van der Waals surface area contributed by atoms with Gasteiger partial charge >= 0.3 is 5.97 Å². The van der Waals surface area contributed by atoms with Crippen molar-refractivity contribution in [2.45, 2.75) is 33.3 Å². The quantitative estimate of drug-likeness (QED) is 0.315. The number of halogens is 1. The number of ether oxygens (including phenoxy) is 2. The molecule has 0 bridgehead atoms. The van der Waals surface area contributed by atoms with Crippen molar-refractivity contribution in [3.05, 3.63) is 58.6 Å². The minimum atomic E-state index is -3.74. The molecule has 0 saturated heterocycles. The Kier molecular flexibility index (Phi) is 9.06. The van der Waals surface area contributed by atoms with Gasteiger partial charge in [-0.15, -0.1) is 0 Å². The van der Waals surface area contributed by atoms with Crippen molar-refractivity contribution in [3.8, 4) is 5.75 Å². The second kappa shape index (κ2) is 11.3. The first-order chi connectivity index (χ1) is 15.8. The van der Waals surface area contributed by atoms with Gasteiger partial charge in [0.1, 0.15) is 17.9 Å². The third-order valence-electron chi connectivity index (χ3n) is 4.26. The molecule has 1 N–H and O–H groups in total. The number of anilines is 1. The van der Waals surface area contributed by atoms with Crippen LogP contribution in [0.25, 0.3) is 0 Å². The molecule has 2 rings (SSSR count). The van der Waals surface area contributed by atoms with Gasteiger partial charge < -0.3 is 9.47 Å². The average molecular weight is 510 g/mol. The van der Waals surface area contributed by atoms with Gasteiger partial charge in [-0.1, -0.05) is 17.7 Å². The molecule has 2 aromatic carbocycles. The van der Waals surface area contributed by atoms with Gasteiger partial charge in [0.2, 0.25) is 10.0 Å². The maximum absolute atomic E-state index is 12.3. The van der Waals surface area contributed by atoms with Gasteiger partial charge in [0.25, 0.3) is 5.91 Å². The van der Waals surface area contributed by atoms with Crippen LogP contribution in [0.4, 0.5) is 5.69 Å². The summed E-state index contributed by atoms with van der Waals surface area (Å²) in [7, 11) is -3.74. The first kappa shape index (κ1) is 27.1. The minimum Gasteiger partial charge on any atom is -0.482 e. The molecule has 9 nitrogen and oxygen atoms in total. The van der Waals surface area contributed by atoms with E-state index in [-0.39, 0.29) is 6.61 Å². The van der Waals surface area contributed by atoms with Gasteiger partial charge in [-0.25, -0.2) is 18.6 Å². The highest BCUT2D eigenvalue weighted by Crippen LogP contribution is 2.28. The maximum Gasteiger partial charge on any atom is 0.344 e. The first-order valence-corrected chi connectivity index (χ1v) is 12.5. The summed E-state index contributed by atoms with van der Waals surface area (Å²) in [6.45, 7) is 6.31. The van der Waals surface area contributed by atoms with Crippen LogP contribution >= 0.6 is 11.6 Å². The van der Waals surface area contributed by atoms with Crippen molar-refractivity contribution in [1.82, 2.24) is 5.43 Å². The van der Waals surface area contributed by atoms with E-state index in [4.69, 9.17) is 21.1 Å². The standard InChI is InChI=1S/C23H28ClN3O6S/c1-16-19(24)7-6-8-20(16)27(34(5,30)31)14-21(28)26-25-13-17-9-11-18(12-10-17)32-15-22(29)33-23(2,3)4/h6-13H,14-15H2,1-5H3,(H,26,28)/b25-13-. The lowest BCUT2D eigenvalue weighted by Gasteiger charge is -2.23. The van der Waals surface area contributed by atoms with E-state index in [0.717, 1.165) is 10.6 Å². The average Bonchev–Trinajstić information content (AvgIpc) is 2.72. The predicted molar refractivity (Wildman–Crippen MR) is 132 cm³/mol. The van der Waals surface area contributed by atoms with Crippen LogP contribution in [0.2, 0.25) is 5.02 Å². The van der Waals surface area contributed by atoms with Gasteiger partial charge in [-0.2, -0.15) is 5.10 Å². The molecule has 1 amide bonds. The number of carbonyl (C=O) groups is 2. The number of amides is 1. The number of benzene rings is 2. The summed E-state index contributed by atoms with van der Waals surface area (Å²) in [6, 6.07) is 11.5. The Bertz CT molecular complexity index is 1160. The number of sulfonamides is 1. The van der Waals surface area contributed by atoms with Crippen LogP contribution in [-0.4, -0.2) is 51.5 Å². The summed E-state index contributed by atoms with van der Waals surface area (Å²) in [5.41, 5.74) is 3.23. The molecular formula is C23H28ClN3O6S. The summed E-state index contributed by atoms with van der Waals surface area (Å²) in [4.78, 5) is 24.0. The molecule has 0 unspecified atom stereocenters. The molecular weight excluding hydrogens is 482 g/mol. The number of nitrogens with zero attached hydrogens (tertiary/aromatic N) is 2. The molecule has 0 heterocycles. The number of hydrazone groups is 1. The van der Waals surface area contributed by atoms with Crippen LogP contribution in [0.3, 0.4) is 0 Å². The molecule has 0 aromatic heterocycles. The zero-order valence-electron chi connectivity index (χ0n) is 19.7. The van der Waals surface area contributed by atoms with Crippen molar-refractivity contribution < 1.29 is 27.5 Å². The highest BCUT2D eigenvalue weighted by atomic mass is 35.5. The van der Waals surface area contributed by atoms with Gasteiger partial charge in [0.05, 0.1) is 18.2 Å². The highest BCUT2D eigenvalue weighted by Gasteiger charge is 2.23. The number of rotatable bonds is 9. The third kappa shape index (κ3) is 8.68. The first-order valence-electron chi connectivity index (χ1n) is 10.3. The lowest BCUT2D eigenvalue weighted by Crippen LogP contribution is -2.39. The Morgan fingerprint density at radius 1 is 1.15 bits per heavy atom. The molecule has 184 valence electrons. The zero-order chi connectivity index (χ0) is 25.5. The Morgan fingerprint density at radius 3 is 2.38 bits per heavy atom. The SMILES string of the molecule is Cc1c(Cl)cccc1N(CC(=O)N/N=C\c1ccc(OCC(=O)OC(C)(C)C)cc1)S(C)(=O)=O. The van der Waals surface area contributed by atoms with Crippen LogP contribution < -0.4 is 14.5 Å². The van der Waals surface area contributed by atoms with Gasteiger partial charge in [0, 0.05) is 5.02 Å². The van der Waals surface area contributed by atoms with Crippen molar-refractivity contribution in [2.75, 3.05) is 23.7 Å². The van der Waals surface area contributed by atoms with E-state index < -0.39 is 34.0 Å². The van der Waals surface area contributed by atoms with Crippen LogP contribution in [0.5, 0.6) is 5.75 Å². The second-order valence-electron chi connectivity index (χ2n) is 8.39. The Hall–Kier alpha value is -3.11. The molecule has 0 aliphatic heterocycles. The summed E-state index contributed by atoms with van der Waals surface area (Å²) < 4.78 is 36.0. The van der Waals surface area contributed by atoms with Crippen molar-refractivity contribution >= 4 is 45.4 Å².